The third kappa shape index (κ3) is 4.23. The summed E-state index contributed by atoms with van der Waals surface area (Å²) >= 11 is 7.04. The van der Waals surface area contributed by atoms with Crippen LogP contribution in [0.25, 0.3) is 0 Å². The number of esters is 2. The second kappa shape index (κ2) is 8.82. The van der Waals surface area contributed by atoms with Gasteiger partial charge >= 0.3 is 11.9 Å². The number of halogens is 1. The molecular formula is C18H18ClNO5S. The predicted molar refractivity (Wildman–Crippen MR) is 99.6 cm³/mol. The summed E-state index contributed by atoms with van der Waals surface area (Å²) in [6, 6.07) is 7.99. The van der Waals surface area contributed by atoms with Crippen LogP contribution in [-0.2, 0) is 19.1 Å². The maximum Gasteiger partial charge on any atom is 0.325 e. The van der Waals surface area contributed by atoms with Gasteiger partial charge in [0.05, 0.1) is 28.8 Å². The zero-order chi connectivity index (χ0) is 19.3. The molecule has 138 valence electrons. The molecule has 26 heavy (non-hydrogen) atoms. The van der Waals surface area contributed by atoms with Crippen LogP contribution in [0.2, 0.25) is 5.02 Å². The first kappa shape index (κ1) is 19.9. The lowest BCUT2D eigenvalue weighted by molar-refractivity contribution is -0.156. The molecule has 0 atom stereocenters. The summed E-state index contributed by atoms with van der Waals surface area (Å²) in [7, 11) is 0. The molecule has 0 aliphatic rings. The molecular weight excluding hydrogens is 378 g/mol. The maximum atomic E-state index is 12.7. The van der Waals surface area contributed by atoms with Gasteiger partial charge in [0.25, 0.3) is 0 Å². The Balaban J connectivity index is 2.43. The molecule has 8 heteroatoms. The molecule has 6 nitrogen and oxygen atoms in total. The quantitative estimate of drug-likeness (QED) is 0.438. The molecule has 0 spiro atoms. The lowest BCUT2D eigenvalue weighted by Crippen LogP contribution is -2.25. The molecule has 0 aliphatic heterocycles. The van der Waals surface area contributed by atoms with E-state index in [2.05, 4.69) is 0 Å². The van der Waals surface area contributed by atoms with E-state index in [1.165, 1.54) is 6.07 Å². The van der Waals surface area contributed by atoms with Crippen LogP contribution in [0.5, 0.6) is 0 Å². The summed E-state index contributed by atoms with van der Waals surface area (Å²) in [5.74, 6) is -3.16. The van der Waals surface area contributed by atoms with Gasteiger partial charge in [-0.05, 0) is 32.0 Å². The number of nitrogen functional groups attached to an aromatic ring is 1. The Hall–Kier alpha value is -2.38. The number of ether oxygens (including phenoxy) is 2. The molecule has 1 aromatic heterocycles. The molecule has 0 unspecified atom stereocenters. The molecule has 1 aromatic carbocycles. The number of anilines is 1. The highest BCUT2D eigenvalue weighted by Crippen LogP contribution is 2.34. The fraction of sp³-hybridized carbons (Fsp3) is 0.278. The summed E-state index contributed by atoms with van der Waals surface area (Å²) in [4.78, 5) is 37.4. The van der Waals surface area contributed by atoms with E-state index in [0.717, 1.165) is 11.3 Å². The van der Waals surface area contributed by atoms with Gasteiger partial charge in [0.15, 0.2) is 11.7 Å². The summed E-state index contributed by atoms with van der Waals surface area (Å²) in [6.45, 7) is 3.49. The SMILES string of the molecule is CCOC(=O)C(C(=O)OCC)c1cc(C(=O)c2ccccc2Cl)c(N)s1. The molecule has 0 amide bonds. The average molecular weight is 396 g/mol. The number of ketones is 1. The summed E-state index contributed by atoms with van der Waals surface area (Å²) in [6.07, 6.45) is 0. The Morgan fingerprint density at radius 3 is 2.19 bits per heavy atom. The van der Waals surface area contributed by atoms with Crippen molar-refractivity contribution < 1.29 is 23.9 Å². The summed E-state index contributed by atoms with van der Waals surface area (Å²) in [5, 5.41) is 0.473. The van der Waals surface area contributed by atoms with E-state index in [1.54, 1.807) is 38.1 Å². The zero-order valence-electron chi connectivity index (χ0n) is 14.3. The number of carbonyl (C=O) groups is 3. The minimum Gasteiger partial charge on any atom is -0.465 e. The van der Waals surface area contributed by atoms with Crippen molar-refractivity contribution in [3.05, 3.63) is 51.4 Å². The number of hydrogen-bond donors (Lipinski definition) is 1. The number of rotatable bonds is 7. The van der Waals surface area contributed by atoms with Crippen molar-refractivity contribution in [3.8, 4) is 0 Å². The van der Waals surface area contributed by atoms with Crippen molar-refractivity contribution in [1.82, 2.24) is 0 Å². The van der Waals surface area contributed by atoms with Crippen molar-refractivity contribution >= 4 is 45.7 Å². The lowest BCUT2D eigenvalue weighted by Gasteiger charge is -2.12. The zero-order valence-corrected chi connectivity index (χ0v) is 15.9. The van der Waals surface area contributed by atoms with Crippen molar-refractivity contribution in [2.45, 2.75) is 19.8 Å². The van der Waals surface area contributed by atoms with Gasteiger partial charge in [0.2, 0.25) is 0 Å². The first-order chi connectivity index (χ1) is 12.4. The summed E-state index contributed by atoms with van der Waals surface area (Å²) in [5.41, 5.74) is 6.43. The van der Waals surface area contributed by atoms with Crippen molar-refractivity contribution in [1.29, 1.82) is 0 Å². The molecule has 0 aliphatic carbocycles. The van der Waals surface area contributed by atoms with Gasteiger partial charge in [-0.15, -0.1) is 11.3 Å². The van der Waals surface area contributed by atoms with E-state index in [1.807, 2.05) is 0 Å². The fourth-order valence-electron chi connectivity index (χ4n) is 2.31. The first-order valence-corrected chi connectivity index (χ1v) is 9.11. The Morgan fingerprint density at radius 2 is 1.65 bits per heavy atom. The largest absolute Gasteiger partial charge is 0.465 e. The lowest BCUT2D eigenvalue weighted by atomic mass is 10.0. The molecule has 0 saturated heterocycles. The maximum absolute atomic E-state index is 12.7. The van der Waals surface area contributed by atoms with Crippen LogP contribution in [-0.4, -0.2) is 30.9 Å². The second-order valence-corrected chi connectivity index (χ2v) is 6.70. The topological polar surface area (TPSA) is 95.7 Å². The molecule has 2 rings (SSSR count). The van der Waals surface area contributed by atoms with E-state index in [0.29, 0.717) is 0 Å². The van der Waals surface area contributed by atoms with E-state index >= 15 is 0 Å². The van der Waals surface area contributed by atoms with Crippen molar-refractivity contribution in [2.24, 2.45) is 0 Å². The highest BCUT2D eigenvalue weighted by molar-refractivity contribution is 7.16. The van der Waals surface area contributed by atoms with Crippen LogP contribution in [0.15, 0.2) is 30.3 Å². The van der Waals surface area contributed by atoms with E-state index < -0.39 is 17.9 Å². The molecule has 1 heterocycles. The molecule has 0 fully saturated rings. The van der Waals surface area contributed by atoms with Gasteiger partial charge in [-0.1, -0.05) is 23.7 Å². The second-order valence-electron chi connectivity index (χ2n) is 5.17. The minimum atomic E-state index is -1.28. The van der Waals surface area contributed by atoms with E-state index in [4.69, 9.17) is 26.8 Å². The Bertz CT molecular complexity index is 815. The average Bonchev–Trinajstić information content (AvgIpc) is 2.96. The van der Waals surface area contributed by atoms with Crippen LogP contribution in [0, 0.1) is 0 Å². The van der Waals surface area contributed by atoms with Crippen molar-refractivity contribution in [2.75, 3.05) is 18.9 Å². The van der Waals surface area contributed by atoms with Gasteiger partial charge in [0, 0.05) is 10.4 Å². The third-order valence-corrected chi connectivity index (χ3v) is 4.83. The third-order valence-electron chi connectivity index (χ3n) is 3.47. The van der Waals surface area contributed by atoms with Crippen LogP contribution < -0.4 is 5.73 Å². The Labute approximate surface area is 159 Å². The summed E-state index contributed by atoms with van der Waals surface area (Å²) < 4.78 is 9.92. The van der Waals surface area contributed by atoms with E-state index in [-0.39, 0.29) is 45.0 Å². The van der Waals surface area contributed by atoms with Crippen LogP contribution >= 0.6 is 22.9 Å². The Kier molecular flexibility index (Phi) is 6.76. The number of hydrogen-bond acceptors (Lipinski definition) is 7. The van der Waals surface area contributed by atoms with Crippen LogP contribution in [0.4, 0.5) is 5.00 Å². The van der Waals surface area contributed by atoms with E-state index in [9.17, 15) is 14.4 Å². The standard InChI is InChI=1S/C18H18ClNO5S/c1-3-24-17(22)14(18(23)25-4-2)13-9-11(16(20)26-13)15(21)10-7-5-6-8-12(10)19/h5-9,14H,3-4,20H2,1-2H3. The van der Waals surface area contributed by atoms with Gasteiger partial charge in [-0.2, -0.15) is 0 Å². The minimum absolute atomic E-state index is 0.112. The first-order valence-electron chi connectivity index (χ1n) is 7.92. The highest BCUT2D eigenvalue weighted by atomic mass is 35.5. The van der Waals surface area contributed by atoms with Gasteiger partial charge in [-0.25, -0.2) is 0 Å². The molecule has 0 radical (unpaired) electrons. The smallest absolute Gasteiger partial charge is 0.325 e. The van der Waals surface area contributed by atoms with Gasteiger partial charge in [0.1, 0.15) is 0 Å². The fourth-order valence-corrected chi connectivity index (χ4v) is 3.54. The predicted octanol–water partition coefficient (Wildman–Crippen LogP) is 3.42. The highest BCUT2D eigenvalue weighted by Gasteiger charge is 2.34. The molecule has 0 bridgehead atoms. The Morgan fingerprint density at radius 1 is 1.08 bits per heavy atom. The number of nitrogens with two attached hydrogens (primary N) is 1. The van der Waals surface area contributed by atoms with Crippen LogP contribution in [0.1, 0.15) is 40.6 Å². The number of carbonyl (C=O) groups excluding carboxylic acids is 3. The monoisotopic (exact) mass is 395 g/mol. The van der Waals surface area contributed by atoms with Crippen LogP contribution in [0.3, 0.4) is 0 Å². The number of benzene rings is 1. The van der Waals surface area contributed by atoms with Gasteiger partial charge < -0.3 is 15.2 Å². The van der Waals surface area contributed by atoms with Crippen molar-refractivity contribution in [3.63, 3.8) is 0 Å². The molecule has 0 saturated carbocycles. The molecule has 2 aromatic rings. The van der Waals surface area contributed by atoms with Gasteiger partial charge in [-0.3, -0.25) is 14.4 Å². The molecule has 2 N–H and O–H groups in total. The number of thiophene rings is 1. The normalized spacial score (nSPS) is 10.6.